The molecular formula is C10H17NO3. The number of rotatable bonds is 3. The van der Waals surface area contributed by atoms with Crippen LogP contribution in [0.4, 0.5) is 0 Å². The van der Waals surface area contributed by atoms with E-state index in [2.05, 4.69) is 4.90 Å². The maximum atomic E-state index is 10.7. The van der Waals surface area contributed by atoms with E-state index >= 15 is 0 Å². The Labute approximate surface area is 83.8 Å². The summed E-state index contributed by atoms with van der Waals surface area (Å²) in [6, 6.07) is 0.731. The monoisotopic (exact) mass is 199 g/mol. The Morgan fingerprint density at radius 2 is 2.29 bits per heavy atom. The normalized spacial score (nSPS) is 29.9. The SMILES string of the molecule is O=C(O)CC1COCCN1C1CCC1. The van der Waals surface area contributed by atoms with Gasteiger partial charge in [0.05, 0.1) is 19.6 Å². The molecule has 1 heterocycles. The molecule has 0 radical (unpaired) electrons. The molecule has 0 spiro atoms. The van der Waals surface area contributed by atoms with E-state index in [-0.39, 0.29) is 12.5 Å². The molecule has 2 rings (SSSR count). The van der Waals surface area contributed by atoms with Crippen LogP contribution in [0.5, 0.6) is 0 Å². The summed E-state index contributed by atoms with van der Waals surface area (Å²) >= 11 is 0. The van der Waals surface area contributed by atoms with Gasteiger partial charge in [-0.1, -0.05) is 6.42 Å². The first-order chi connectivity index (χ1) is 6.77. The minimum Gasteiger partial charge on any atom is -0.481 e. The van der Waals surface area contributed by atoms with E-state index in [0.29, 0.717) is 12.6 Å². The number of carbonyl (C=O) groups is 1. The highest BCUT2D eigenvalue weighted by Crippen LogP contribution is 2.28. The minimum absolute atomic E-state index is 0.103. The molecular weight excluding hydrogens is 182 g/mol. The first kappa shape index (κ1) is 9.93. The van der Waals surface area contributed by atoms with E-state index in [4.69, 9.17) is 9.84 Å². The van der Waals surface area contributed by atoms with Gasteiger partial charge in [0.25, 0.3) is 0 Å². The lowest BCUT2D eigenvalue weighted by molar-refractivity contribution is -0.141. The van der Waals surface area contributed by atoms with Crippen molar-refractivity contribution in [3.8, 4) is 0 Å². The van der Waals surface area contributed by atoms with Gasteiger partial charge in [-0.15, -0.1) is 0 Å². The van der Waals surface area contributed by atoms with Crippen LogP contribution in [0.15, 0.2) is 0 Å². The van der Waals surface area contributed by atoms with Crippen LogP contribution in [0.2, 0.25) is 0 Å². The fourth-order valence-corrected chi connectivity index (χ4v) is 2.24. The highest BCUT2D eigenvalue weighted by Gasteiger charge is 2.33. The summed E-state index contributed by atoms with van der Waals surface area (Å²) < 4.78 is 5.33. The topological polar surface area (TPSA) is 49.8 Å². The van der Waals surface area contributed by atoms with Gasteiger partial charge in [-0.05, 0) is 12.8 Å². The number of morpholine rings is 1. The van der Waals surface area contributed by atoms with Crippen LogP contribution in [-0.2, 0) is 9.53 Å². The van der Waals surface area contributed by atoms with Gasteiger partial charge < -0.3 is 9.84 Å². The van der Waals surface area contributed by atoms with Crippen LogP contribution >= 0.6 is 0 Å². The molecule has 1 N–H and O–H groups in total. The van der Waals surface area contributed by atoms with Gasteiger partial charge >= 0.3 is 5.97 Å². The van der Waals surface area contributed by atoms with Crippen LogP contribution in [0.1, 0.15) is 25.7 Å². The third kappa shape index (κ3) is 2.07. The van der Waals surface area contributed by atoms with E-state index in [1.54, 1.807) is 0 Å². The predicted octanol–water partition coefficient (Wildman–Crippen LogP) is 0.714. The second-order valence-corrected chi connectivity index (χ2v) is 4.15. The fourth-order valence-electron chi connectivity index (χ4n) is 2.24. The third-order valence-electron chi connectivity index (χ3n) is 3.23. The molecule has 1 aliphatic heterocycles. The predicted molar refractivity (Wildman–Crippen MR) is 51.2 cm³/mol. The summed E-state index contributed by atoms with van der Waals surface area (Å²) in [6.45, 7) is 2.25. The third-order valence-corrected chi connectivity index (χ3v) is 3.23. The van der Waals surface area contributed by atoms with Gasteiger partial charge in [-0.3, -0.25) is 9.69 Å². The number of hydrogen-bond acceptors (Lipinski definition) is 3. The maximum Gasteiger partial charge on any atom is 0.305 e. The number of hydrogen-bond donors (Lipinski definition) is 1. The van der Waals surface area contributed by atoms with Gasteiger partial charge in [0.2, 0.25) is 0 Å². The molecule has 14 heavy (non-hydrogen) atoms. The van der Waals surface area contributed by atoms with Crippen LogP contribution in [-0.4, -0.2) is 47.8 Å². The maximum absolute atomic E-state index is 10.7. The average Bonchev–Trinajstić information content (AvgIpc) is 2.04. The second-order valence-electron chi connectivity index (χ2n) is 4.15. The van der Waals surface area contributed by atoms with Crippen LogP contribution < -0.4 is 0 Å². The van der Waals surface area contributed by atoms with E-state index in [1.807, 2.05) is 0 Å². The Morgan fingerprint density at radius 1 is 1.50 bits per heavy atom. The van der Waals surface area contributed by atoms with Crippen molar-refractivity contribution < 1.29 is 14.6 Å². The van der Waals surface area contributed by atoms with Crippen molar-refractivity contribution in [2.75, 3.05) is 19.8 Å². The van der Waals surface area contributed by atoms with Crippen molar-refractivity contribution in [3.63, 3.8) is 0 Å². The van der Waals surface area contributed by atoms with Crippen molar-refractivity contribution >= 4 is 5.97 Å². The smallest absolute Gasteiger partial charge is 0.305 e. The fraction of sp³-hybridized carbons (Fsp3) is 0.900. The summed E-state index contributed by atoms with van der Waals surface area (Å²) in [5.74, 6) is -0.718. The average molecular weight is 199 g/mol. The molecule has 4 nitrogen and oxygen atoms in total. The zero-order chi connectivity index (χ0) is 9.97. The molecule has 4 heteroatoms. The van der Waals surface area contributed by atoms with Gasteiger partial charge in [0, 0.05) is 18.6 Å². The van der Waals surface area contributed by atoms with Crippen molar-refractivity contribution in [2.24, 2.45) is 0 Å². The lowest BCUT2D eigenvalue weighted by atomic mass is 9.89. The molecule has 1 saturated heterocycles. The highest BCUT2D eigenvalue weighted by atomic mass is 16.5. The molecule has 0 bridgehead atoms. The minimum atomic E-state index is -0.718. The van der Waals surface area contributed by atoms with E-state index in [0.717, 1.165) is 13.2 Å². The van der Waals surface area contributed by atoms with Gasteiger partial charge in [0.1, 0.15) is 0 Å². The lowest BCUT2D eigenvalue weighted by Gasteiger charge is -2.44. The molecule has 1 saturated carbocycles. The molecule has 0 amide bonds. The summed E-state index contributed by atoms with van der Waals surface area (Å²) in [4.78, 5) is 13.0. The Kier molecular flexibility index (Phi) is 3.03. The second kappa shape index (κ2) is 4.28. The molecule has 80 valence electrons. The summed E-state index contributed by atoms with van der Waals surface area (Å²) in [5.41, 5.74) is 0. The van der Waals surface area contributed by atoms with Crippen LogP contribution in [0.25, 0.3) is 0 Å². The molecule has 2 fully saturated rings. The number of nitrogens with zero attached hydrogens (tertiary/aromatic N) is 1. The molecule has 0 aromatic rings. The van der Waals surface area contributed by atoms with E-state index in [1.165, 1.54) is 19.3 Å². The molecule has 1 atom stereocenters. The number of carboxylic acids is 1. The van der Waals surface area contributed by atoms with Crippen molar-refractivity contribution in [3.05, 3.63) is 0 Å². The lowest BCUT2D eigenvalue weighted by Crippen LogP contribution is -2.53. The standard InChI is InChI=1S/C10H17NO3/c12-10(13)6-9-7-14-5-4-11(9)8-2-1-3-8/h8-9H,1-7H2,(H,12,13). The van der Waals surface area contributed by atoms with Crippen molar-refractivity contribution in [1.82, 2.24) is 4.90 Å². The Bertz CT molecular complexity index is 215. The zero-order valence-electron chi connectivity index (χ0n) is 8.32. The first-order valence-electron chi connectivity index (χ1n) is 5.32. The van der Waals surface area contributed by atoms with Crippen molar-refractivity contribution in [2.45, 2.75) is 37.8 Å². The Morgan fingerprint density at radius 3 is 2.86 bits per heavy atom. The highest BCUT2D eigenvalue weighted by molar-refractivity contribution is 5.67. The first-order valence-corrected chi connectivity index (χ1v) is 5.32. The van der Waals surface area contributed by atoms with Crippen LogP contribution in [0.3, 0.4) is 0 Å². The van der Waals surface area contributed by atoms with Gasteiger partial charge in [-0.25, -0.2) is 0 Å². The van der Waals surface area contributed by atoms with Crippen LogP contribution in [0, 0.1) is 0 Å². The number of ether oxygens (including phenoxy) is 1. The molecule has 1 unspecified atom stereocenters. The number of aliphatic carboxylic acids is 1. The Hall–Kier alpha value is -0.610. The van der Waals surface area contributed by atoms with Gasteiger partial charge in [-0.2, -0.15) is 0 Å². The molecule has 0 aromatic carbocycles. The zero-order valence-corrected chi connectivity index (χ0v) is 8.32. The molecule has 0 aromatic heterocycles. The summed E-state index contributed by atoms with van der Waals surface area (Å²) in [7, 11) is 0. The summed E-state index contributed by atoms with van der Waals surface area (Å²) in [5, 5.41) is 8.77. The van der Waals surface area contributed by atoms with E-state index in [9.17, 15) is 4.79 Å². The largest absolute Gasteiger partial charge is 0.481 e. The Balaban J connectivity index is 1.92. The quantitative estimate of drug-likeness (QED) is 0.727. The van der Waals surface area contributed by atoms with Crippen molar-refractivity contribution in [1.29, 1.82) is 0 Å². The molecule has 1 aliphatic carbocycles. The summed E-state index contributed by atoms with van der Waals surface area (Å²) in [6.07, 6.45) is 3.98. The van der Waals surface area contributed by atoms with Gasteiger partial charge in [0.15, 0.2) is 0 Å². The molecule has 2 aliphatic rings. The number of carboxylic acid groups (broad SMARTS) is 1. The van der Waals surface area contributed by atoms with E-state index < -0.39 is 5.97 Å².